The summed E-state index contributed by atoms with van der Waals surface area (Å²) in [6, 6.07) is 16.6. The lowest BCUT2D eigenvalue weighted by atomic mass is 10.2. The molecule has 0 bridgehead atoms. The minimum Gasteiger partial charge on any atom is -0.497 e. The predicted octanol–water partition coefficient (Wildman–Crippen LogP) is 2.32. The molecular weight excluding hydrogens is 382 g/mol. The second-order valence-electron chi connectivity index (χ2n) is 7.84. The molecule has 1 N–H and O–H groups in total. The van der Waals surface area contributed by atoms with Gasteiger partial charge in [-0.25, -0.2) is 0 Å². The number of carbonyl (C=O) groups excluding carboxylic acids is 1. The number of benzene rings is 2. The van der Waals surface area contributed by atoms with Crippen molar-refractivity contribution in [2.24, 2.45) is 0 Å². The van der Waals surface area contributed by atoms with Crippen LogP contribution in [0.5, 0.6) is 5.75 Å². The lowest BCUT2D eigenvalue weighted by Gasteiger charge is -2.34. The van der Waals surface area contributed by atoms with Crippen molar-refractivity contribution in [3.63, 3.8) is 0 Å². The SMILES string of the molecule is COc1ccc(N2CC[NH+](CC(=O)N3CC[C@H](C)Sc4ccccc43)CC2)cc1. The molecule has 29 heavy (non-hydrogen) atoms. The molecule has 0 radical (unpaired) electrons. The van der Waals surface area contributed by atoms with E-state index in [1.165, 1.54) is 15.5 Å². The van der Waals surface area contributed by atoms with Gasteiger partial charge in [0.25, 0.3) is 5.91 Å². The maximum Gasteiger partial charge on any atom is 0.282 e. The van der Waals surface area contributed by atoms with E-state index < -0.39 is 0 Å². The summed E-state index contributed by atoms with van der Waals surface area (Å²) in [7, 11) is 1.69. The highest BCUT2D eigenvalue weighted by Gasteiger charge is 2.28. The Bertz CT molecular complexity index is 834. The van der Waals surface area contributed by atoms with E-state index in [2.05, 4.69) is 42.2 Å². The van der Waals surface area contributed by atoms with Gasteiger partial charge >= 0.3 is 0 Å². The van der Waals surface area contributed by atoms with Crippen LogP contribution in [0.3, 0.4) is 0 Å². The van der Waals surface area contributed by atoms with Crippen molar-refractivity contribution in [2.75, 3.05) is 56.2 Å². The van der Waals surface area contributed by atoms with Crippen molar-refractivity contribution < 1.29 is 14.4 Å². The van der Waals surface area contributed by atoms with Gasteiger partial charge in [-0.1, -0.05) is 19.1 Å². The Balaban J connectivity index is 1.36. The zero-order valence-corrected chi connectivity index (χ0v) is 18.1. The van der Waals surface area contributed by atoms with Crippen molar-refractivity contribution in [3.05, 3.63) is 48.5 Å². The molecule has 2 aliphatic heterocycles. The van der Waals surface area contributed by atoms with Gasteiger partial charge in [0.1, 0.15) is 5.75 Å². The number of nitrogens with one attached hydrogen (secondary N) is 1. The van der Waals surface area contributed by atoms with Crippen LogP contribution < -0.4 is 19.4 Å². The number of quaternary nitrogens is 1. The summed E-state index contributed by atoms with van der Waals surface area (Å²) in [5.74, 6) is 1.13. The fourth-order valence-electron chi connectivity index (χ4n) is 4.11. The summed E-state index contributed by atoms with van der Waals surface area (Å²) in [6.45, 7) is 7.55. The van der Waals surface area contributed by atoms with E-state index in [0.717, 1.165) is 50.6 Å². The highest BCUT2D eigenvalue weighted by Crippen LogP contribution is 2.37. The smallest absolute Gasteiger partial charge is 0.282 e. The van der Waals surface area contributed by atoms with Gasteiger partial charge in [0.05, 0.1) is 39.0 Å². The fraction of sp³-hybridized carbons (Fsp3) is 0.435. The molecule has 1 atom stereocenters. The van der Waals surface area contributed by atoms with Gasteiger partial charge in [-0.15, -0.1) is 11.8 Å². The van der Waals surface area contributed by atoms with Gasteiger partial charge in [-0.2, -0.15) is 0 Å². The largest absolute Gasteiger partial charge is 0.497 e. The summed E-state index contributed by atoms with van der Waals surface area (Å²) < 4.78 is 5.25. The Morgan fingerprint density at radius 3 is 2.55 bits per heavy atom. The predicted molar refractivity (Wildman–Crippen MR) is 120 cm³/mol. The van der Waals surface area contributed by atoms with Crippen molar-refractivity contribution in [1.29, 1.82) is 0 Å². The first-order chi connectivity index (χ1) is 14.1. The molecule has 1 amide bonds. The van der Waals surface area contributed by atoms with Crippen LogP contribution in [0.4, 0.5) is 11.4 Å². The van der Waals surface area contributed by atoms with E-state index in [1.807, 2.05) is 34.9 Å². The number of ether oxygens (including phenoxy) is 1. The highest BCUT2D eigenvalue weighted by atomic mass is 32.2. The molecule has 0 unspecified atom stereocenters. The van der Waals surface area contributed by atoms with Gasteiger partial charge in [0, 0.05) is 22.4 Å². The number of carbonyl (C=O) groups is 1. The normalized spacial score (nSPS) is 20.1. The molecule has 4 rings (SSSR count). The number of rotatable bonds is 4. The summed E-state index contributed by atoms with van der Waals surface area (Å²) in [5, 5.41) is 0.536. The third kappa shape index (κ3) is 4.70. The monoisotopic (exact) mass is 412 g/mol. The number of amides is 1. The first kappa shape index (κ1) is 20.1. The number of thioether (sulfide) groups is 1. The van der Waals surface area contributed by atoms with Gasteiger partial charge in [0.2, 0.25) is 0 Å². The Kier molecular flexibility index (Phi) is 6.31. The number of anilines is 2. The summed E-state index contributed by atoms with van der Waals surface area (Å²) in [6.07, 6.45) is 1.03. The van der Waals surface area contributed by atoms with Crippen molar-refractivity contribution >= 4 is 29.0 Å². The number of para-hydroxylation sites is 1. The minimum atomic E-state index is 0.250. The number of fused-ring (bicyclic) bond motifs is 1. The van der Waals surface area contributed by atoms with Gasteiger partial charge in [-0.3, -0.25) is 4.79 Å². The first-order valence-corrected chi connectivity index (χ1v) is 11.3. The summed E-state index contributed by atoms with van der Waals surface area (Å²) in [4.78, 5) is 20.2. The lowest BCUT2D eigenvalue weighted by molar-refractivity contribution is -0.892. The molecular formula is C23H30N3O2S+. The van der Waals surface area contributed by atoms with E-state index in [9.17, 15) is 4.79 Å². The molecule has 0 saturated carbocycles. The van der Waals surface area contributed by atoms with E-state index in [1.54, 1.807) is 7.11 Å². The number of hydrogen-bond acceptors (Lipinski definition) is 4. The van der Waals surface area contributed by atoms with Crippen LogP contribution in [0.2, 0.25) is 0 Å². The Hall–Kier alpha value is -2.18. The second-order valence-corrected chi connectivity index (χ2v) is 9.32. The third-order valence-corrected chi connectivity index (χ3v) is 7.09. The summed E-state index contributed by atoms with van der Waals surface area (Å²) >= 11 is 1.88. The average Bonchev–Trinajstić information content (AvgIpc) is 2.92. The molecule has 2 aromatic carbocycles. The maximum atomic E-state index is 13.2. The van der Waals surface area contributed by atoms with E-state index >= 15 is 0 Å². The molecule has 2 heterocycles. The van der Waals surface area contributed by atoms with E-state index in [-0.39, 0.29) is 5.91 Å². The number of nitrogens with zero attached hydrogens (tertiary/aromatic N) is 2. The maximum absolute atomic E-state index is 13.2. The average molecular weight is 413 g/mol. The Labute approximate surface area is 177 Å². The van der Waals surface area contributed by atoms with Crippen LogP contribution in [0.1, 0.15) is 13.3 Å². The zero-order chi connectivity index (χ0) is 20.2. The van der Waals surface area contributed by atoms with E-state index in [4.69, 9.17) is 4.74 Å². The number of methoxy groups -OCH3 is 1. The topological polar surface area (TPSA) is 37.2 Å². The molecule has 5 nitrogen and oxygen atoms in total. The summed E-state index contributed by atoms with van der Waals surface area (Å²) in [5.41, 5.74) is 2.31. The Morgan fingerprint density at radius 1 is 1.10 bits per heavy atom. The highest BCUT2D eigenvalue weighted by molar-refractivity contribution is 8.00. The zero-order valence-electron chi connectivity index (χ0n) is 17.3. The molecule has 2 aliphatic rings. The van der Waals surface area contributed by atoms with Crippen LogP contribution in [0, 0.1) is 0 Å². The molecule has 1 saturated heterocycles. The first-order valence-electron chi connectivity index (χ1n) is 10.4. The van der Waals surface area contributed by atoms with E-state index in [0.29, 0.717) is 11.8 Å². The quantitative estimate of drug-likeness (QED) is 0.836. The Morgan fingerprint density at radius 2 is 1.83 bits per heavy atom. The van der Waals surface area contributed by atoms with Crippen LogP contribution >= 0.6 is 11.8 Å². The standard InChI is InChI=1S/C23H29N3O2S/c1-18-11-12-26(21-5-3-4-6-22(21)29-18)23(27)17-24-13-15-25(16-14-24)19-7-9-20(28-2)10-8-19/h3-10,18H,11-17H2,1-2H3/p+1/t18-/m0/s1. The minimum absolute atomic E-state index is 0.250. The molecule has 0 aliphatic carbocycles. The molecule has 1 fully saturated rings. The third-order valence-electron chi connectivity index (χ3n) is 5.85. The molecule has 0 aromatic heterocycles. The van der Waals surface area contributed by atoms with Crippen LogP contribution in [0.25, 0.3) is 0 Å². The van der Waals surface area contributed by atoms with Crippen molar-refractivity contribution in [1.82, 2.24) is 0 Å². The molecule has 2 aromatic rings. The van der Waals surface area contributed by atoms with Gasteiger partial charge < -0.3 is 19.4 Å². The molecule has 6 heteroatoms. The number of hydrogen-bond donors (Lipinski definition) is 1. The van der Waals surface area contributed by atoms with Crippen LogP contribution in [0.15, 0.2) is 53.4 Å². The van der Waals surface area contributed by atoms with Crippen molar-refractivity contribution in [3.8, 4) is 5.75 Å². The molecule has 0 spiro atoms. The van der Waals surface area contributed by atoms with Crippen molar-refractivity contribution in [2.45, 2.75) is 23.5 Å². The fourth-order valence-corrected chi connectivity index (χ4v) is 5.22. The van der Waals surface area contributed by atoms with Gasteiger partial charge in [0.15, 0.2) is 6.54 Å². The van der Waals surface area contributed by atoms with Crippen LogP contribution in [-0.2, 0) is 4.79 Å². The lowest BCUT2D eigenvalue weighted by Crippen LogP contribution is -3.16. The molecule has 154 valence electrons. The van der Waals surface area contributed by atoms with Gasteiger partial charge in [-0.05, 0) is 42.8 Å². The number of piperazine rings is 1. The van der Waals surface area contributed by atoms with Crippen LogP contribution in [-0.4, -0.2) is 57.5 Å². The second kappa shape index (κ2) is 9.09.